The predicted molar refractivity (Wildman–Crippen MR) is 76.0 cm³/mol. The van der Waals surface area contributed by atoms with Gasteiger partial charge in [-0.15, -0.1) is 0 Å². The number of rotatable bonds is 3. The second-order valence-corrected chi connectivity index (χ2v) is 3.93. The zero-order chi connectivity index (χ0) is 13.1. The van der Waals surface area contributed by atoms with Gasteiger partial charge in [-0.3, -0.25) is 0 Å². The summed E-state index contributed by atoms with van der Waals surface area (Å²) in [6.07, 6.45) is 0. The molecule has 0 bridgehead atoms. The fourth-order valence-electron chi connectivity index (χ4n) is 1.62. The lowest BCUT2D eigenvalue weighted by Gasteiger charge is -2.13. The average molecular weight is 244 g/mol. The number of hydrogen-bond donors (Lipinski definition) is 4. The Morgan fingerprint density at radius 2 is 1.61 bits per heavy atom. The van der Waals surface area contributed by atoms with E-state index in [4.69, 9.17) is 21.9 Å². The van der Waals surface area contributed by atoms with Gasteiger partial charge in [0.1, 0.15) is 5.75 Å². The molecule has 0 radical (unpaired) electrons. The van der Waals surface area contributed by atoms with Gasteiger partial charge in [0.15, 0.2) is 0 Å². The van der Waals surface area contributed by atoms with E-state index in [0.29, 0.717) is 22.8 Å². The van der Waals surface area contributed by atoms with E-state index < -0.39 is 0 Å². The standard InChI is InChI=1S/C13H16N4O/c1-18-13-7-12(10(15)6-11(13)16)17-9-4-2-8(14)3-5-9/h2-7,17H,14-16H2,1H3. The number of nitrogen functional groups attached to an aromatic ring is 3. The Morgan fingerprint density at radius 3 is 2.22 bits per heavy atom. The Hall–Kier alpha value is -2.56. The summed E-state index contributed by atoms with van der Waals surface area (Å²) >= 11 is 0. The lowest BCUT2D eigenvalue weighted by Crippen LogP contribution is -2.00. The first-order chi connectivity index (χ1) is 8.60. The van der Waals surface area contributed by atoms with Crippen LogP contribution in [0.1, 0.15) is 0 Å². The van der Waals surface area contributed by atoms with Gasteiger partial charge >= 0.3 is 0 Å². The van der Waals surface area contributed by atoms with Crippen molar-refractivity contribution in [1.82, 2.24) is 0 Å². The fourth-order valence-corrected chi connectivity index (χ4v) is 1.62. The summed E-state index contributed by atoms with van der Waals surface area (Å²) in [5.41, 5.74) is 20.7. The minimum atomic E-state index is 0.512. The van der Waals surface area contributed by atoms with Gasteiger partial charge in [0.25, 0.3) is 0 Å². The van der Waals surface area contributed by atoms with Crippen LogP contribution >= 0.6 is 0 Å². The lowest BCUT2D eigenvalue weighted by molar-refractivity contribution is 0.417. The Balaban J connectivity index is 2.31. The summed E-state index contributed by atoms with van der Waals surface area (Å²) in [5.74, 6) is 0.585. The molecule has 0 saturated carbocycles. The molecule has 0 saturated heterocycles. The monoisotopic (exact) mass is 244 g/mol. The third-order valence-electron chi connectivity index (χ3n) is 2.59. The molecule has 18 heavy (non-hydrogen) atoms. The molecule has 5 heteroatoms. The molecule has 0 aliphatic carbocycles. The highest BCUT2D eigenvalue weighted by molar-refractivity contribution is 5.79. The first-order valence-corrected chi connectivity index (χ1v) is 5.45. The molecule has 0 fully saturated rings. The number of anilines is 5. The number of methoxy groups -OCH3 is 1. The number of nitrogens with one attached hydrogen (secondary N) is 1. The van der Waals surface area contributed by atoms with E-state index in [1.165, 1.54) is 0 Å². The van der Waals surface area contributed by atoms with Crippen LogP contribution in [-0.4, -0.2) is 7.11 Å². The van der Waals surface area contributed by atoms with E-state index in [2.05, 4.69) is 5.32 Å². The van der Waals surface area contributed by atoms with Crippen LogP contribution in [-0.2, 0) is 0 Å². The highest BCUT2D eigenvalue weighted by Crippen LogP contribution is 2.32. The van der Waals surface area contributed by atoms with Crippen molar-refractivity contribution in [3.05, 3.63) is 36.4 Å². The molecule has 94 valence electrons. The maximum Gasteiger partial charge on any atom is 0.143 e. The number of benzene rings is 2. The van der Waals surface area contributed by atoms with Gasteiger partial charge in [0.05, 0.1) is 24.2 Å². The van der Waals surface area contributed by atoms with Gasteiger partial charge in [0, 0.05) is 17.4 Å². The number of hydrogen-bond acceptors (Lipinski definition) is 5. The lowest BCUT2D eigenvalue weighted by atomic mass is 10.2. The van der Waals surface area contributed by atoms with Crippen molar-refractivity contribution in [2.24, 2.45) is 0 Å². The van der Waals surface area contributed by atoms with Crippen molar-refractivity contribution >= 4 is 28.4 Å². The molecule has 0 unspecified atom stereocenters. The van der Waals surface area contributed by atoms with Crippen LogP contribution in [0.25, 0.3) is 0 Å². The summed E-state index contributed by atoms with van der Waals surface area (Å²) in [6.45, 7) is 0. The maximum absolute atomic E-state index is 5.90. The molecule has 0 amide bonds. The molecule has 0 aromatic heterocycles. The van der Waals surface area contributed by atoms with Crippen molar-refractivity contribution in [2.75, 3.05) is 29.6 Å². The van der Waals surface area contributed by atoms with Gasteiger partial charge in [-0.2, -0.15) is 0 Å². The van der Waals surface area contributed by atoms with Crippen molar-refractivity contribution in [3.63, 3.8) is 0 Å². The van der Waals surface area contributed by atoms with E-state index >= 15 is 0 Å². The third-order valence-corrected chi connectivity index (χ3v) is 2.59. The molecule has 0 heterocycles. The quantitative estimate of drug-likeness (QED) is 0.620. The average Bonchev–Trinajstić information content (AvgIpc) is 2.35. The minimum absolute atomic E-state index is 0.512. The van der Waals surface area contributed by atoms with Crippen LogP contribution in [0, 0.1) is 0 Å². The van der Waals surface area contributed by atoms with Crippen molar-refractivity contribution in [3.8, 4) is 5.75 Å². The largest absolute Gasteiger partial charge is 0.495 e. The van der Waals surface area contributed by atoms with E-state index in [1.54, 1.807) is 19.2 Å². The van der Waals surface area contributed by atoms with Crippen LogP contribution in [0.5, 0.6) is 5.75 Å². The summed E-state index contributed by atoms with van der Waals surface area (Å²) in [4.78, 5) is 0. The fraction of sp³-hybridized carbons (Fsp3) is 0.0769. The molecule has 2 aromatic rings. The summed E-state index contributed by atoms with van der Waals surface area (Å²) in [6, 6.07) is 10.8. The topological polar surface area (TPSA) is 99.3 Å². The van der Waals surface area contributed by atoms with Crippen LogP contribution in [0.2, 0.25) is 0 Å². The van der Waals surface area contributed by atoms with Crippen LogP contribution in [0.4, 0.5) is 28.4 Å². The molecular formula is C13H16N4O. The Morgan fingerprint density at radius 1 is 0.944 bits per heavy atom. The highest BCUT2D eigenvalue weighted by Gasteiger charge is 2.06. The van der Waals surface area contributed by atoms with Crippen LogP contribution in [0.3, 0.4) is 0 Å². The Bertz CT molecular complexity index is 552. The number of ether oxygens (including phenoxy) is 1. The molecular weight excluding hydrogens is 228 g/mol. The van der Waals surface area contributed by atoms with Crippen LogP contribution < -0.4 is 27.3 Å². The van der Waals surface area contributed by atoms with E-state index in [0.717, 1.165) is 11.4 Å². The molecule has 2 rings (SSSR count). The van der Waals surface area contributed by atoms with Crippen molar-refractivity contribution < 1.29 is 4.74 Å². The second kappa shape index (κ2) is 4.75. The Labute approximate surface area is 106 Å². The van der Waals surface area contributed by atoms with Crippen molar-refractivity contribution in [1.29, 1.82) is 0 Å². The first-order valence-electron chi connectivity index (χ1n) is 5.45. The predicted octanol–water partition coefficient (Wildman–Crippen LogP) is 2.19. The van der Waals surface area contributed by atoms with Gasteiger partial charge in [0.2, 0.25) is 0 Å². The molecule has 2 aromatic carbocycles. The van der Waals surface area contributed by atoms with Crippen LogP contribution in [0.15, 0.2) is 36.4 Å². The smallest absolute Gasteiger partial charge is 0.143 e. The van der Waals surface area contributed by atoms with Gasteiger partial charge in [-0.05, 0) is 30.3 Å². The van der Waals surface area contributed by atoms with Gasteiger partial charge < -0.3 is 27.3 Å². The molecule has 5 nitrogen and oxygen atoms in total. The molecule has 0 aliphatic rings. The normalized spacial score (nSPS) is 10.1. The number of nitrogens with two attached hydrogens (primary N) is 3. The zero-order valence-corrected chi connectivity index (χ0v) is 10.1. The first kappa shape index (κ1) is 11.9. The molecule has 0 aliphatic heterocycles. The summed E-state index contributed by atoms with van der Waals surface area (Å²) in [5, 5.41) is 3.19. The molecule has 0 atom stereocenters. The van der Waals surface area contributed by atoms with Gasteiger partial charge in [-0.25, -0.2) is 0 Å². The van der Waals surface area contributed by atoms with Gasteiger partial charge in [-0.1, -0.05) is 0 Å². The minimum Gasteiger partial charge on any atom is -0.495 e. The zero-order valence-electron chi connectivity index (χ0n) is 10.1. The SMILES string of the molecule is COc1cc(Nc2ccc(N)cc2)c(N)cc1N. The summed E-state index contributed by atoms with van der Waals surface area (Å²) < 4.78 is 5.16. The second-order valence-electron chi connectivity index (χ2n) is 3.93. The molecule has 7 N–H and O–H groups in total. The molecule has 0 spiro atoms. The Kier molecular flexibility index (Phi) is 3.14. The van der Waals surface area contributed by atoms with E-state index in [1.807, 2.05) is 24.3 Å². The summed E-state index contributed by atoms with van der Waals surface area (Å²) in [7, 11) is 1.56. The third kappa shape index (κ3) is 2.40. The van der Waals surface area contributed by atoms with Crippen molar-refractivity contribution in [2.45, 2.75) is 0 Å². The van der Waals surface area contributed by atoms with E-state index in [9.17, 15) is 0 Å². The van der Waals surface area contributed by atoms with E-state index in [-0.39, 0.29) is 0 Å². The maximum atomic E-state index is 5.90. The highest BCUT2D eigenvalue weighted by atomic mass is 16.5.